The summed E-state index contributed by atoms with van der Waals surface area (Å²) < 4.78 is 5.42. The van der Waals surface area contributed by atoms with E-state index >= 15 is 0 Å². The van der Waals surface area contributed by atoms with Crippen molar-refractivity contribution in [3.63, 3.8) is 0 Å². The van der Waals surface area contributed by atoms with E-state index in [4.69, 9.17) is 16.1 Å². The van der Waals surface area contributed by atoms with Crippen LogP contribution in [0.3, 0.4) is 0 Å². The molecule has 1 spiro atoms. The molecule has 2 fully saturated rings. The highest BCUT2D eigenvalue weighted by Crippen LogP contribution is 2.31. The number of amides is 3. The molecule has 1 aromatic heterocycles. The smallest absolute Gasteiger partial charge is 0.322 e. The van der Waals surface area contributed by atoms with E-state index in [9.17, 15) is 9.59 Å². The molecule has 26 heavy (non-hydrogen) atoms. The number of likely N-dealkylation sites (tertiary alicyclic amines) is 1. The van der Waals surface area contributed by atoms with Crippen LogP contribution in [0.4, 0.5) is 4.79 Å². The van der Waals surface area contributed by atoms with Crippen LogP contribution in [0.15, 0.2) is 28.8 Å². The lowest BCUT2D eigenvalue weighted by Gasteiger charge is -2.23. The molecule has 0 saturated carbocycles. The van der Waals surface area contributed by atoms with E-state index in [0.717, 1.165) is 5.56 Å². The van der Waals surface area contributed by atoms with Gasteiger partial charge in [0.2, 0.25) is 5.89 Å². The summed E-state index contributed by atoms with van der Waals surface area (Å²) in [6.07, 6.45) is 1.11. The van der Waals surface area contributed by atoms with Crippen LogP contribution in [0, 0.1) is 0 Å². The summed E-state index contributed by atoms with van der Waals surface area (Å²) in [4.78, 5) is 30.1. The molecule has 9 heteroatoms. The molecule has 2 N–H and O–H groups in total. The fourth-order valence-electron chi connectivity index (χ4n) is 3.44. The van der Waals surface area contributed by atoms with Crippen LogP contribution in [0.1, 0.15) is 36.7 Å². The van der Waals surface area contributed by atoms with Gasteiger partial charge in [0.05, 0.1) is 6.04 Å². The third kappa shape index (κ3) is 3.06. The number of aromatic nitrogens is 2. The Morgan fingerprint density at radius 3 is 2.81 bits per heavy atom. The van der Waals surface area contributed by atoms with Crippen LogP contribution in [0.2, 0.25) is 5.02 Å². The summed E-state index contributed by atoms with van der Waals surface area (Å²) >= 11 is 5.89. The number of nitrogens with zero attached hydrogens (tertiary/aromatic N) is 3. The molecule has 0 radical (unpaired) electrons. The Morgan fingerprint density at radius 2 is 2.12 bits per heavy atom. The second kappa shape index (κ2) is 6.37. The second-order valence-corrected chi connectivity index (χ2v) is 7.18. The summed E-state index contributed by atoms with van der Waals surface area (Å²) in [5.41, 5.74) is 0.192. The third-order valence-corrected chi connectivity index (χ3v) is 5.23. The van der Waals surface area contributed by atoms with E-state index in [1.165, 1.54) is 0 Å². The SMILES string of the molecule is CC(c1nc(Cc2ccc(Cl)cc2)no1)N1CCC2(C1)NC(=O)NC2=O. The van der Waals surface area contributed by atoms with Crippen molar-refractivity contribution in [3.8, 4) is 0 Å². The number of hydrogen-bond acceptors (Lipinski definition) is 6. The van der Waals surface area contributed by atoms with Gasteiger partial charge in [0.1, 0.15) is 5.54 Å². The number of benzene rings is 1. The molecule has 3 amide bonds. The van der Waals surface area contributed by atoms with Gasteiger partial charge in [-0.05, 0) is 31.0 Å². The van der Waals surface area contributed by atoms with E-state index < -0.39 is 11.6 Å². The van der Waals surface area contributed by atoms with E-state index in [1.807, 2.05) is 31.2 Å². The standard InChI is InChI=1S/C17H18ClN5O3/c1-10(23-7-6-17(9-23)15(24)20-16(25)21-17)14-19-13(22-26-14)8-11-2-4-12(18)5-3-11/h2-5,10H,6-9H2,1H3,(H2,20,21,24,25). The maximum atomic E-state index is 12.1. The summed E-state index contributed by atoms with van der Waals surface area (Å²) in [5.74, 6) is 0.817. The van der Waals surface area contributed by atoms with Gasteiger partial charge in [0.15, 0.2) is 5.82 Å². The van der Waals surface area contributed by atoms with Crippen LogP contribution >= 0.6 is 11.6 Å². The van der Waals surface area contributed by atoms with Gasteiger partial charge in [-0.1, -0.05) is 28.9 Å². The maximum absolute atomic E-state index is 12.1. The largest absolute Gasteiger partial charge is 0.338 e. The Kier molecular flexibility index (Phi) is 4.16. The number of carbonyl (C=O) groups is 2. The molecule has 2 saturated heterocycles. The van der Waals surface area contributed by atoms with Crippen LogP contribution in [-0.2, 0) is 11.2 Å². The van der Waals surface area contributed by atoms with Gasteiger partial charge in [0, 0.05) is 24.5 Å². The lowest BCUT2D eigenvalue weighted by Crippen LogP contribution is -2.49. The van der Waals surface area contributed by atoms with Gasteiger partial charge >= 0.3 is 6.03 Å². The molecule has 2 atom stereocenters. The monoisotopic (exact) mass is 375 g/mol. The van der Waals surface area contributed by atoms with E-state index in [0.29, 0.717) is 42.7 Å². The van der Waals surface area contributed by atoms with Crippen molar-refractivity contribution in [3.05, 3.63) is 46.6 Å². The summed E-state index contributed by atoms with van der Waals surface area (Å²) in [5, 5.41) is 9.78. The molecule has 2 aliphatic heterocycles. The number of rotatable bonds is 4. The van der Waals surface area contributed by atoms with Crippen molar-refractivity contribution >= 4 is 23.5 Å². The average Bonchev–Trinajstić information content (AvgIpc) is 3.30. The number of urea groups is 1. The highest BCUT2D eigenvalue weighted by Gasteiger charge is 2.51. The molecule has 3 heterocycles. The lowest BCUT2D eigenvalue weighted by molar-refractivity contribution is -0.123. The van der Waals surface area contributed by atoms with E-state index in [1.54, 1.807) is 0 Å². The Labute approximate surface area is 154 Å². The van der Waals surface area contributed by atoms with E-state index in [-0.39, 0.29) is 11.9 Å². The van der Waals surface area contributed by atoms with Gasteiger partial charge in [-0.2, -0.15) is 4.98 Å². The predicted molar refractivity (Wildman–Crippen MR) is 92.6 cm³/mol. The summed E-state index contributed by atoms with van der Waals surface area (Å²) in [6.45, 7) is 3.03. The Balaban J connectivity index is 1.44. The fraction of sp³-hybridized carbons (Fsp3) is 0.412. The highest BCUT2D eigenvalue weighted by molar-refractivity contribution is 6.30. The molecule has 2 unspecified atom stereocenters. The van der Waals surface area contributed by atoms with Crippen molar-refractivity contribution in [2.75, 3.05) is 13.1 Å². The normalized spacial score (nSPS) is 24.1. The first-order chi connectivity index (χ1) is 12.4. The molecule has 136 valence electrons. The fourth-order valence-corrected chi connectivity index (χ4v) is 3.56. The molecule has 0 aliphatic carbocycles. The van der Waals surface area contributed by atoms with Crippen molar-refractivity contribution < 1.29 is 14.1 Å². The molecule has 2 aromatic rings. The maximum Gasteiger partial charge on any atom is 0.322 e. The molecule has 8 nitrogen and oxygen atoms in total. The first kappa shape index (κ1) is 17.0. The second-order valence-electron chi connectivity index (χ2n) is 6.74. The number of halogens is 1. The molecular weight excluding hydrogens is 358 g/mol. The highest BCUT2D eigenvalue weighted by atomic mass is 35.5. The number of carbonyl (C=O) groups excluding carboxylic acids is 2. The lowest BCUT2D eigenvalue weighted by atomic mass is 9.99. The van der Waals surface area contributed by atoms with E-state index in [2.05, 4.69) is 25.7 Å². The molecule has 4 rings (SSSR count). The van der Waals surface area contributed by atoms with Crippen LogP contribution in [0.25, 0.3) is 0 Å². The molecule has 2 aliphatic rings. The zero-order valence-corrected chi connectivity index (χ0v) is 14.9. The minimum Gasteiger partial charge on any atom is -0.338 e. The minimum atomic E-state index is -0.850. The van der Waals surface area contributed by atoms with Crippen molar-refractivity contribution in [1.82, 2.24) is 25.7 Å². The summed E-state index contributed by atoms with van der Waals surface area (Å²) in [7, 11) is 0. The topological polar surface area (TPSA) is 100 Å². The van der Waals surface area contributed by atoms with Gasteiger partial charge in [0.25, 0.3) is 5.91 Å². The van der Waals surface area contributed by atoms with Gasteiger partial charge in [-0.25, -0.2) is 4.79 Å². The van der Waals surface area contributed by atoms with Crippen LogP contribution in [-0.4, -0.2) is 45.6 Å². The van der Waals surface area contributed by atoms with Crippen molar-refractivity contribution in [2.45, 2.75) is 31.3 Å². The average molecular weight is 376 g/mol. The van der Waals surface area contributed by atoms with Gasteiger partial charge < -0.3 is 9.84 Å². The predicted octanol–water partition coefficient (Wildman–Crippen LogP) is 1.66. The Morgan fingerprint density at radius 1 is 1.35 bits per heavy atom. The first-order valence-electron chi connectivity index (χ1n) is 8.40. The Bertz CT molecular complexity index is 852. The molecule has 0 bridgehead atoms. The minimum absolute atomic E-state index is 0.147. The van der Waals surface area contributed by atoms with Gasteiger partial charge in [-0.15, -0.1) is 0 Å². The van der Waals surface area contributed by atoms with Crippen molar-refractivity contribution in [1.29, 1.82) is 0 Å². The quantitative estimate of drug-likeness (QED) is 0.788. The zero-order chi connectivity index (χ0) is 18.3. The number of hydrogen-bond donors (Lipinski definition) is 2. The first-order valence-corrected chi connectivity index (χ1v) is 8.77. The number of imide groups is 1. The van der Waals surface area contributed by atoms with Gasteiger partial charge in [-0.3, -0.25) is 15.0 Å². The molecule has 1 aromatic carbocycles. The zero-order valence-electron chi connectivity index (χ0n) is 14.2. The number of nitrogens with one attached hydrogen (secondary N) is 2. The summed E-state index contributed by atoms with van der Waals surface area (Å²) in [6, 6.07) is 6.91. The Hall–Kier alpha value is -2.45. The third-order valence-electron chi connectivity index (χ3n) is 4.98. The van der Waals surface area contributed by atoms with Crippen LogP contribution < -0.4 is 10.6 Å². The van der Waals surface area contributed by atoms with Crippen molar-refractivity contribution in [2.24, 2.45) is 0 Å². The van der Waals surface area contributed by atoms with Crippen LogP contribution in [0.5, 0.6) is 0 Å². The molecular formula is C17H18ClN5O3.